The second kappa shape index (κ2) is 6.40. The van der Waals surface area contributed by atoms with E-state index in [1.54, 1.807) is 7.11 Å². The molecule has 3 nitrogen and oxygen atoms in total. The van der Waals surface area contributed by atoms with Crippen molar-refractivity contribution in [3.63, 3.8) is 0 Å². The Bertz CT molecular complexity index is 265. The largest absolute Gasteiger partial charge is 0.383 e. The second-order valence-corrected chi connectivity index (χ2v) is 3.81. The second-order valence-electron chi connectivity index (χ2n) is 3.81. The third kappa shape index (κ3) is 4.30. The van der Waals surface area contributed by atoms with Gasteiger partial charge >= 0.3 is 0 Å². The van der Waals surface area contributed by atoms with Gasteiger partial charge in [0.05, 0.1) is 12.6 Å². The lowest BCUT2D eigenvalue weighted by atomic mass is 10.2. The zero-order valence-electron chi connectivity index (χ0n) is 9.79. The fourth-order valence-electron chi connectivity index (χ4n) is 1.51. The molecule has 0 aliphatic rings. The van der Waals surface area contributed by atoms with Crippen molar-refractivity contribution in [1.82, 2.24) is 4.98 Å². The minimum absolute atomic E-state index is 0.357. The minimum atomic E-state index is 0.357. The van der Waals surface area contributed by atoms with Crippen molar-refractivity contribution in [2.45, 2.75) is 32.7 Å². The molecule has 0 amide bonds. The maximum absolute atomic E-state index is 5.16. The van der Waals surface area contributed by atoms with Crippen molar-refractivity contribution >= 4 is 5.82 Å². The van der Waals surface area contributed by atoms with Crippen molar-refractivity contribution in [3.05, 3.63) is 23.9 Å². The molecule has 0 aliphatic heterocycles. The number of pyridine rings is 1. The van der Waals surface area contributed by atoms with E-state index < -0.39 is 0 Å². The first-order valence-corrected chi connectivity index (χ1v) is 5.44. The summed E-state index contributed by atoms with van der Waals surface area (Å²) in [4.78, 5) is 4.32. The summed E-state index contributed by atoms with van der Waals surface area (Å²) in [5.41, 5.74) is 1.18. The number of nitrogens with zero attached hydrogens (tertiary/aromatic N) is 1. The zero-order chi connectivity index (χ0) is 11.1. The number of anilines is 1. The normalized spacial score (nSPS) is 12.5. The molecule has 1 aromatic heterocycles. The molecule has 0 aromatic carbocycles. The van der Waals surface area contributed by atoms with Crippen LogP contribution in [0.5, 0.6) is 0 Å². The summed E-state index contributed by atoms with van der Waals surface area (Å²) in [6.07, 6.45) is 4.12. The lowest BCUT2D eigenvalue weighted by Gasteiger charge is -2.17. The Kier molecular flexibility index (Phi) is 5.12. The van der Waals surface area contributed by atoms with Gasteiger partial charge in [0.2, 0.25) is 0 Å². The topological polar surface area (TPSA) is 34.1 Å². The Balaban J connectivity index is 2.53. The van der Waals surface area contributed by atoms with Crippen LogP contribution in [-0.2, 0) is 4.74 Å². The van der Waals surface area contributed by atoms with Crippen LogP contribution in [0, 0.1) is 6.92 Å². The van der Waals surface area contributed by atoms with E-state index in [0.717, 1.165) is 25.3 Å². The number of rotatable bonds is 6. The van der Waals surface area contributed by atoms with Crippen LogP contribution >= 0.6 is 0 Å². The molecule has 0 radical (unpaired) electrons. The minimum Gasteiger partial charge on any atom is -0.383 e. The number of hydrogen-bond acceptors (Lipinski definition) is 3. The number of aromatic nitrogens is 1. The van der Waals surface area contributed by atoms with E-state index in [9.17, 15) is 0 Å². The number of ether oxygens (including phenoxy) is 1. The Morgan fingerprint density at radius 2 is 2.27 bits per heavy atom. The van der Waals surface area contributed by atoms with E-state index in [4.69, 9.17) is 4.74 Å². The van der Waals surface area contributed by atoms with Gasteiger partial charge in [-0.3, -0.25) is 0 Å². The van der Waals surface area contributed by atoms with Gasteiger partial charge in [0.25, 0.3) is 0 Å². The molecule has 3 heteroatoms. The van der Waals surface area contributed by atoms with E-state index >= 15 is 0 Å². The molecular formula is C12H20N2O. The summed E-state index contributed by atoms with van der Waals surface area (Å²) >= 11 is 0. The first kappa shape index (κ1) is 12.0. The predicted molar refractivity (Wildman–Crippen MR) is 63.2 cm³/mol. The van der Waals surface area contributed by atoms with Gasteiger partial charge in [-0.25, -0.2) is 4.98 Å². The van der Waals surface area contributed by atoms with Crippen LogP contribution in [0.1, 0.15) is 25.3 Å². The molecule has 1 atom stereocenters. The maximum atomic E-state index is 5.16. The Labute approximate surface area is 91.9 Å². The first-order valence-electron chi connectivity index (χ1n) is 5.44. The lowest BCUT2D eigenvalue weighted by molar-refractivity contribution is 0.182. The smallest absolute Gasteiger partial charge is 0.126 e. The van der Waals surface area contributed by atoms with Crippen LogP contribution in [0.2, 0.25) is 0 Å². The molecule has 1 N–H and O–H groups in total. The van der Waals surface area contributed by atoms with Gasteiger partial charge in [-0.2, -0.15) is 0 Å². The predicted octanol–water partition coefficient (Wildman–Crippen LogP) is 2.62. The third-order valence-electron chi connectivity index (χ3n) is 2.27. The fourth-order valence-corrected chi connectivity index (χ4v) is 1.51. The Morgan fingerprint density at radius 3 is 2.80 bits per heavy atom. The summed E-state index contributed by atoms with van der Waals surface area (Å²) in [5.74, 6) is 0.927. The van der Waals surface area contributed by atoms with E-state index in [-0.39, 0.29) is 0 Å². The van der Waals surface area contributed by atoms with Crippen LogP contribution in [0.15, 0.2) is 18.3 Å². The highest BCUT2D eigenvalue weighted by atomic mass is 16.5. The van der Waals surface area contributed by atoms with Gasteiger partial charge in [0.15, 0.2) is 0 Å². The van der Waals surface area contributed by atoms with Crippen LogP contribution in [-0.4, -0.2) is 24.7 Å². The van der Waals surface area contributed by atoms with Crippen molar-refractivity contribution in [3.8, 4) is 0 Å². The lowest BCUT2D eigenvalue weighted by Crippen LogP contribution is -2.25. The van der Waals surface area contributed by atoms with Crippen LogP contribution in [0.3, 0.4) is 0 Å². The standard InChI is InChI=1S/C12H20N2O/c1-4-5-11(9-15-3)14-12-7-6-10(2)8-13-12/h6-8,11H,4-5,9H2,1-3H3,(H,13,14). The van der Waals surface area contributed by atoms with Crippen LogP contribution < -0.4 is 5.32 Å². The van der Waals surface area contributed by atoms with E-state index in [2.05, 4.69) is 23.3 Å². The van der Waals surface area contributed by atoms with E-state index in [1.165, 1.54) is 5.56 Å². The van der Waals surface area contributed by atoms with Crippen molar-refractivity contribution in [2.75, 3.05) is 19.0 Å². The number of nitrogens with one attached hydrogen (secondary N) is 1. The molecule has 1 heterocycles. The SMILES string of the molecule is CCCC(COC)Nc1ccc(C)cn1. The molecule has 0 fully saturated rings. The Morgan fingerprint density at radius 1 is 1.47 bits per heavy atom. The summed E-state index contributed by atoms with van der Waals surface area (Å²) in [7, 11) is 1.73. The van der Waals surface area contributed by atoms with Gasteiger partial charge in [-0.05, 0) is 25.0 Å². The monoisotopic (exact) mass is 208 g/mol. The molecular weight excluding hydrogens is 188 g/mol. The Hall–Kier alpha value is -1.09. The molecule has 1 aromatic rings. The number of methoxy groups -OCH3 is 1. The van der Waals surface area contributed by atoms with Crippen molar-refractivity contribution in [2.24, 2.45) is 0 Å². The summed E-state index contributed by atoms with van der Waals surface area (Å²) in [6.45, 7) is 4.94. The highest BCUT2D eigenvalue weighted by Crippen LogP contribution is 2.08. The average molecular weight is 208 g/mol. The summed E-state index contributed by atoms with van der Waals surface area (Å²) in [6, 6.07) is 4.42. The molecule has 15 heavy (non-hydrogen) atoms. The van der Waals surface area contributed by atoms with E-state index in [1.807, 2.05) is 19.2 Å². The van der Waals surface area contributed by atoms with Gasteiger partial charge in [0.1, 0.15) is 5.82 Å². The fraction of sp³-hybridized carbons (Fsp3) is 0.583. The number of hydrogen-bond donors (Lipinski definition) is 1. The molecule has 0 spiro atoms. The third-order valence-corrected chi connectivity index (χ3v) is 2.27. The molecule has 0 saturated carbocycles. The van der Waals surface area contributed by atoms with Crippen molar-refractivity contribution < 1.29 is 4.74 Å². The molecule has 0 saturated heterocycles. The van der Waals surface area contributed by atoms with Gasteiger partial charge in [-0.15, -0.1) is 0 Å². The van der Waals surface area contributed by atoms with Gasteiger partial charge in [0, 0.05) is 13.3 Å². The maximum Gasteiger partial charge on any atom is 0.126 e. The highest BCUT2D eigenvalue weighted by molar-refractivity contribution is 5.36. The van der Waals surface area contributed by atoms with Gasteiger partial charge < -0.3 is 10.1 Å². The first-order chi connectivity index (χ1) is 7.26. The van der Waals surface area contributed by atoms with Crippen molar-refractivity contribution in [1.29, 1.82) is 0 Å². The molecule has 84 valence electrons. The summed E-state index contributed by atoms with van der Waals surface area (Å²) < 4.78 is 5.16. The van der Waals surface area contributed by atoms with Gasteiger partial charge in [-0.1, -0.05) is 19.4 Å². The molecule has 1 unspecified atom stereocenters. The number of aryl methyl sites for hydroxylation is 1. The molecule has 1 rings (SSSR count). The average Bonchev–Trinajstić information content (AvgIpc) is 2.22. The highest BCUT2D eigenvalue weighted by Gasteiger charge is 2.07. The molecule has 0 bridgehead atoms. The van der Waals surface area contributed by atoms with Crippen LogP contribution in [0.25, 0.3) is 0 Å². The summed E-state index contributed by atoms with van der Waals surface area (Å²) in [5, 5.41) is 3.37. The quantitative estimate of drug-likeness (QED) is 0.780. The van der Waals surface area contributed by atoms with Crippen LogP contribution in [0.4, 0.5) is 5.82 Å². The molecule has 0 aliphatic carbocycles. The van der Waals surface area contributed by atoms with E-state index in [0.29, 0.717) is 6.04 Å². The zero-order valence-corrected chi connectivity index (χ0v) is 9.79.